The van der Waals surface area contributed by atoms with Crippen molar-refractivity contribution in [2.24, 2.45) is 0 Å². The number of benzene rings is 3. The Labute approximate surface area is 241 Å². The van der Waals surface area contributed by atoms with Crippen LogP contribution in [-0.4, -0.2) is 52.1 Å². The van der Waals surface area contributed by atoms with E-state index in [0.29, 0.717) is 30.5 Å². The Hall–Kier alpha value is -4.26. The molecule has 7 nitrogen and oxygen atoms in total. The van der Waals surface area contributed by atoms with E-state index in [1.807, 2.05) is 61.5 Å². The first-order valence-corrected chi connectivity index (χ1v) is 14.6. The summed E-state index contributed by atoms with van der Waals surface area (Å²) in [5, 5.41) is 3.23. The summed E-state index contributed by atoms with van der Waals surface area (Å²) in [5.41, 5.74) is 3.81. The number of carbonyl (C=O) groups excluding carboxylic acids is 4. The van der Waals surface area contributed by atoms with Crippen molar-refractivity contribution < 1.29 is 19.2 Å². The third-order valence-corrected chi connectivity index (χ3v) is 8.23. The summed E-state index contributed by atoms with van der Waals surface area (Å²) in [6.07, 6.45) is 4.93. The molecule has 1 aliphatic carbocycles. The predicted molar refractivity (Wildman–Crippen MR) is 157 cm³/mol. The average Bonchev–Trinajstić information content (AvgIpc) is 3.58. The van der Waals surface area contributed by atoms with Gasteiger partial charge in [-0.05, 0) is 55.0 Å². The maximum Gasteiger partial charge on any atom is 0.261 e. The lowest BCUT2D eigenvalue weighted by Gasteiger charge is -2.33. The van der Waals surface area contributed by atoms with E-state index in [4.69, 9.17) is 0 Å². The number of amides is 4. The molecule has 1 atom stereocenters. The van der Waals surface area contributed by atoms with Gasteiger partial charge in [-0.3, -0.25) is 24.1 Å². The van der Waals surface area contributed by atoms with Gasteiger partial charge in [-0.15, -0.1) is 0 Å². The Balaban J connectivity index is 1.36. The molecule has 1 aliphatic heterocycles. The fourth-order valence-electron chi connectivity index (χ4n) is 5.87. The zero-order valence-electron chi connectivity index (χ0n) is 23.6. The summed E-state index contributed by atoms with van der Waals surface area (Å²) in [6.45, 7) is 2.45. The molecule has 4 amide bonds. The van der Waals surface area contributed by atoms with Crippen LogP contribution in [0.4, 0.5) is 0 Å². The van der Waals surface area contributed by atoms with Crippen molar-refractivity contribution >= 4 is 23.6 Å². The van der Waals surface area contributed by atoms with Crippen LogP contribution in [0, 0.1) is 6.92 Å². The Morgan fingerprint density at radius 2 is 1.49 bits per heavy atom. The molecule has 5 rings (SSSR count). The van der Waals surface area contributed by atoms with Gasteiger partial charge in [0.05, 0.1) is 11.1 Å². The van der Waals surface area contributed by atoms with E-state index in [1.54, 1.807) is 29.2 Å². The molecular weight excluding hydrogens is 514 g/mol. The first kappa shape index (κ1) is 28.3. The summed E-state index contributed by atoms with van der Waals surface area (Å²) in [6, 6.07) is 23.9. The van der Waals surface area contributed by atoms with Gasteiger partial charge in [-0.25, -0.2) is 0 Å². The van der Waals surface area contributed by atoms with Crippen molar-refractivity contribution in [1.82, 2.24) is 15.1 Å². The minimum atomic E-state index is -0.690. The lowest BCUT2D eigenvalue weighted by molar-refractivity contribution is -0.141. The molecule has 1 N–H and O–H groups in total. The Morgan fingerprint density at radius 3 is 2.15 bits per heavy atom. The lowest BCUT2D eigenvalue weighted by Crippen LogP contribution is -2.52. The highest BCUT2D eigenvalue weighted by atomic mass is 16.2. The van der Waals surface area contributed by atoms with Crippen LogP contribution >= 0.6 is 0 Å². The van der Waals surface area contributed by atoms with Gasteiger partial charge in [-0.2, -0.15) is 0 Å². The van der Waals surface area contributed by atoms with Gasteiger partial charge in [0.2, 0.25) is 11.8 Å². The molecule has 0 bridgehead atoms. The van der Waals surface area contributed by atoms with Crippen LogP contribution in [0.2, 0.25) is 0 Å². The third-order valence-electron chi connectivity index (χ3n) is 8.23. The highest BCUT2D eigenvalue weighted by Gasteiger charge is 2.36. The molecule has 1 heterocycles. The van der Waals surface area contributed by atoms with Crippen molar-refractivity contribution in [2.75, 3.05) is 6.54 Å². The molecule has 0 radical (unpaired) electrons. The summed E-state index contributed by atoms with van der Waals surface area (Å²) in [5.74, 6) is -0.962. The van der Waals surface area contributed by atoms with Crippen LogP contribution in [0.3, 0.4) is 0 Å². The van der Waals surface area contributed by atoms with E-state index in [-0.39, 0.29) is 42.6 Å². The molecule has 7 heteroatoms. The third kappa shape index (κ3) is 6.56. The Bertz CT molecular complexity index is 1380. The largest absolute Gasteiger partial charge is 0.352 e. The second kappa shape index (κ2) is 12.9. The molecule has 3 aromatic carbocycles. The van der Waals surface area contributed by atoms with E-state index in [0.717, 1.165) is 42.4 Å². The second-order valence-corrected chi connectivity index (χ2v) is 11.1. The maximum absolute atomic E-state index is 13.9. The predicted octanol–water partition coefficient (Wildman–Crippen LogP) is 5.07. The molecule has 41 heavy (non-hydrogen) atoms. The van der Waals surface area contributed by atoms with Gasteiger partial charge in [0.25, 0.3) is 11.8 Å². The quantitative estimate of drug-likeness (QED) is 0.337. The van der Waals surface area contributed by atoms with Crippen LogP contribution in [-0.2, 0) is 22.6 Å². The number of rotatable bonds is 11. The molecule has 0 spiro atoms. The minimum Gasteiger partial charge on any atom is -0.352 e. The zero-order valence-corrected chi connectivity index (χ0v) is 23.6. The fraction of sp³-hybridized carbons (Fsp3) is 0.353. The number of nitrogens with one attached hydrogen (secondary N) is 1. The van der Waals surface area contributed by atoms with Crippen LogP contribution in [0.5, 0.6) is 0 Å². The lowest BCUT2D eigenvalue weighted by atomic mass is 10.0. The molecule has 1 fully saturated rings. The monoisotopic (exact) mass is 551 g/mol. The normalized spacial score (nSPS) is 15.6. The van der Waals surface area contributed by atoms with Crippen molar-refractivity contribution in [2.45, 2.75) is 70.5 Å². The summed E-state index contributed by atoms with van der Waals surface area (Å²) in [7, 11) is 0. The summed E-state index contributed by atoms with van der Waals surface area (Å²) >= 11 is 0. The molecule has 0 saturated heterocycles. The van der Waals surface area contributed by atoms with Crippen LogP contribution < -0.4 is 5.32 Å². The zero-order chi connectivity index (χ0) is 28.8. The molecule has 212 valence electrons. The van der Waals surface area contributed by atoms with E-state index in [9.17, 15) is 19.2 Å². The van der Waals surface area contributed by atoms with Crippen molar-refractivity contribution in [1.29, 1.82) is 0 Å². The minimum absolute atomic E-state index is 0.112. The number of nitrogens with zero attached hydrogens (tertiary/aromatic N) is 2. The summed E-state index contributed by atoms with van der Waals surface area (Å²) in [4.78, 5) is 56.3. The second-order valence-electron chi connectivity index (χ2n) is 11.1. The number of imide groups is 1. The Morgan fingerprint density at radius 1 is 0.878 bits per heavy atom. The van der Waals surface area contributed by atoms with Crippen LogP contribution in [0.15, 0.2) is 78.9 Å². The van der Waals surface area contributed by atoms with E-state index in [2.05, 4.69) is 5.32 Å². The summed E-state index contributed by atoms with van der Waals surface area (Å²) < 4.78 is 0. The van der Waals surface area contributed by atoms with Gasteiger partial charge in [0, 0.05) is 32.0 Å². The van der Waals surface area contributed by atoms with E-state index in [1.165, 1.54) is 4.90 Å². The molecule has 3 aromatic rings. The van der Waals surface area contributed by atoms with Crippen molar-refractivity contribution in [3.05, 3.63) is 107 Å². The average molecular weight is 552 g/mol. The van der Waals surface area contributed by atoms with E-state index < -0.39 is 6.04 Å². The van der Waals surface area contributed by atoms with Gasteiger partial charge < -0.3 is 10.2 Å². The molecule has 1 unspecified atom stereocenters. The van der Waals surface area contributed by atoms with Gasteiger partial charge in [0.1, 0.15) is 6.04 Å². The standard InChI is InChI=1S/C34H37N3O4/c1-24-12-5-6-15-26(24)23-37(30(22-25-13-3-2-4-14-25)32(39)35-27-16-7-8-17-27)31(38)20-11-21-36-33(40)28-18-9-10-19-29(28)34(36)41/h2-6,9-10,12-15,18-19,27,30H,7-8,11,16-17,20-23H2,1H3,(H,35,39). The van der Waals surface area contributed by atoms with Gasteiger partial charge in [-0.1, -0.05) is 79.6 Å². The number of carbonyl (C=O) groups is 4. The molecule has 2 aliphatic rings. The highest BCUT2D eigenvalue weighted by Crippen LogP contribution is 2.24. The van der Waals surface area contributed by atoms with Gasteiger partial charge >= 0.3 is 0 Å². The molecular formula is C34H37N3O4. The fourth-order valence-corrected chi connectivity index (χ4v) is 5.87. The number of fused-ring (bicyclic) bond motifs is 1. The smallest absolute Gasteiger partial charge is 0.261 e. The molecule has 1 saturated carbocycles. The number of hydrogen-bond donors (Lipinski definition) is 1. The van der Waals surface area contributed by atoms with Crippen molar-refractivity contribution in [3.63, 3.8) is 0 Å². The molecule has 0 aromatic heterocycles. The number of hydrogen-bond acceptors (Lipinski definition) is 4. The maximum atomic E-state index is 13.9. The number of aryl methyl sites for hydroxylation is 1. The SMILES string of the molecule is Cc1ccccc1CN(C(=O)CCCN1C(=O)c2ccccc2C1=O)C(Cc1ccccc1)C(=O)NC1CCCC1. The van der Waals surface area contributed by atoms with Crippen molar-refractivity contribution in [3.8, 4) is 0 Å². The van der Waals surface area contributed by atoms with Gasteiger partial charge in [0.15, 0.2) is 0 Å². The van der Waals surface area contributed by atoms with E-state index >= 15 is 0 Å². The highest BCUT2D eigenvalue weighted by molar-refractivity contribution is 6.21. The van der Waals surface area contributed by atoms with Crippen LogP contribution in [0.25, 0.3) is 0 Å². The Kier molecular flexibility index (Phi) is 8.92. The van der Waals surface area contributed by atoms with Crippen LogP contribution in [0.1, 0.15) is 75.9 Å². The first-order valence-electron chi connectivity index (χ1n) is 14.6. The first-order chi connectivity index (χ1) is 19.9. The topological polar surface area (TPSA) is 86.8 Å².